The van der Waals surface area contributed by atoms with Gasteiger partial charge in [0.25, 0.3) is 0 Å². The molecular weight excluding hydrogens is 464 g/mol. The molecule has 1 aromatic heterocycles. The number of ether oxygens (including phenoxy) is 1. The molecule has 2 N–H and O–H groups in total. The molecule has 6 rings (SSSR count). The predicted molar refractivity (Wildman–Crippen MR) is 153 cm³/mol. The van der Waals surface area contributed by atoms with E-state index in [4.69, 9.17) is 17.0 Å². The van der Waals surface area contributed by atoms with E-state index in [0.29, 0.717) is 28.9 Å². The summed E-state index contributed by atoms with van der Waals surface area (Å²) in [5.74, 6) is 2.46. The Labute approximate surface area is 219 Å². The quantitative estimate of drug-likeness (QED) is 0.294. The normalized spacial score (nSPS) is 23.9. The highest BCUT2D eigenvalue weighted by Crippen LogP contribution is 2.42. The summed E-state index contributed by atoms with van der Waals surface area (Å²) in [5.41, 5.74) is 4.48. The lowest BCUT2D eigenvalue weighted by Crippen LogP contribution is -2.57. The Morgan fingerprint density at radius 3 is 2.75 bits per heavy atom. The summed E-state index contributed by atoms with van der Waals surface area (Å²) in [6.07, 6.45) is 6.41. The fraction of sp³-hybridized carbons (Fsp3) is 0.400. The van der Waals surface area contributed by atoms with Crippen molar-refractivity contribution in [3.8, 4) is 5.75 Å². The zero-order valence-corrected chi connectivity index (χ0v) is 22.2. The van der Waals surface area contributed by atoms with Crippen LogP contribution in [0.4, 0.5) is 5.69 Å². The molecule has 0 aliphatic carbocycles. The first kappa shape index (κ1) is 24.7. The maximum absolute atomic E-state index is 5.93. The van der Waals surface area contributed by atoms with Crippen molar-refractivity contribution in [1.29, 1.82) is 0 Å². The minimum Gasteiger partial charge on any atom is -0.497 e. The average Bonchev–Trinajstić information content (AvgIpc) is 2.91. The Bertz CT molecular complexity index is 1260. The smallest absolute Gasteiger partial charge is 0.171 e. The minimum absolute atomic E-state index is 0.0161. The van der Waals surface area contributed by atoms with Gasteiger partial charge in [-0.1, -0.05) is 38.1 Å². The molecule has 36 heavy (non-hydrogen) atoms. The van der Waals surface area contributed by atoms with Crippen LogP contribution in [0.25, 0.3) is 10.9 Å². The number of thiocarbonyl (C=S) groups is 1. The van der Waals surface area contributed by atoms with Crippen LogP contribution in [0.3, 0.4) is 0 Å². The molecule has 0 saturated carbocycles. The maximum atomic E-state index is 5.93. The molecule has 2 aromatic carbocycles. The van der Waals surface area contributed by atoms with Crippen LogP contribution in [0, 0.1) is 11.8 Å². The van der Waals surface area contributed by atoms with Crippen LogP contribution in [0.1, 0.15) is 49.8 Å². The van der Waals surface area contributed by atoms with Gasteiger partial charge in [-0.15, -0.1) is 6.58 Å². The Hall–Kier alpha value is -2.96. The third-order valence-electron chi connectivity index (χ3n) is 7.97. The number of nitrogens with zero attached hydrogens (tertiary/aromatic N) is 2. The molecule has 3 saturated heterocycles. The lowest BCUT2D eigenvalue weighted by Gasteiger charge is -2.52. The van der Waals surface area contributed by atoms with Gasteiger partial charge in [-0.25, -0.2) is 0 Å². The number of fused-ring (bicyclic) bond motifs is 4. The number of benzene rings is 2. The van der Waals surface area contributed by atoms with E-state index >= 15 is 0 Å². The standard InChI is InChI=1S/C30H36N4OS/c1-5-20-18-34-15-13-21(20)16-28(34)29(24-12-14-31-26-11-10-22(35-4)17-25(24)26)33-30(36)32-27-9-7-6-8-23(27)19(2)3/h5-12,14,17,19-21,28-29H,1,13,15-16,18H2,2-4H3,(H2,32,33,36)/t20?,21?,28-,29+/m1/s1. The van der Waals surface area contributed by atoms with Crippen molar-refractivity contribution < 1.29 is 4.74 Å². The van der Waals surface area contributed by atoms with Crippen LogP contribution in [0.5, 0.6) is 5.75 Å². The van der Waals surface area contributed by atoms with Gasteiger partial charge in [-0.2, -0.15) is 0 Å². The molecule has 0 radical (unpaired) electrons. The number of nitrogens with one attached hydrogen (secondary N) is 2. The highest BCUT2D eigenvalue weighted by atomic mass is 32.1. The van der Waals surface area contributed by atoms with E-state index in [0.717, 1.165) is 41.9 Å². The first-order chi connectivity index (χ1) is 17.5. The van der Waals surface area contributed by atoms with Crippen molar-refractivity contribution in [2.75, 3.05) is 25.5 Å². The zero-order valence-electron chi connectivity index (χ0n) is 21.4. The SMILES string of the molecule is C=CC1CN2CCC1C[C@@H]2[C@@H](NC(=S)Nc1ccccc1C(C)C)c1ccnc2ccc(OC)cc12. The van der Waals surface area contributed by atoms with Gasteiger partial charge in [0.1, 0.15) is 5.75 Å². The molecule has 4 heterocycles. The molecule has 5 nitrogen and oxygen atoms in total. The number of para-hydroxylation sites is 1. The first-order valence-corrected chi connectivity index (χ1v) is 13.3. The number of piperidine rings is 3. The molecule has 3 fully saturated rings. The van der Waals surface area contributed by atoms with Gasteiger partial charge >= 0.3 is 0 Å². The lowest BCUT2D eigenvalue weighted by molar-refractivity contribution is 0.00443. The maximum Gasteiger partial charge on any atom is 0.171 e. The van der Waals surface area contributed by atoms with Crippen molar-refractivity contribution in [1.82, 2.24) is 15.2 Å². The van der Waals surface area contributed by atoms with Crippen molar-refractivity contribution >= 4 is 33.9 Å². The fourth-order valence-electron chi connectivity index (χ4n) is 6.06. The molecular formula is C30H36N4OS. The van der Waals surface area contributed by atoms with Gasteiger partial charge < -0.3 is 15.4 Å². The largest absolute Gasteiger partial charge is 0.497 e. The zero-order chi connectivity index (χ0) is 25.2. The molecule has 3 aromatic rings. The van der Waals surface area contributed by atoms with Gasteiger partial charge in [0, 0.05) is 29.9 Å². The van der Waals surface area contributed by atoms with Gasteiger partial charge in [0.2, 0.25) is 0 Å². The van der Waals surface area contributed by atoms with E-state index < -0.39 is 0 Å². The van der Waals surface area contributed by atoms with Gasteiger partial charge in [0.15, 0.2) is 5.11 Å². The highest BCUT2D eigenvalue weighted by molar-refractivity contribution is 7.80. The molecule has 5 atom stereocenters. The molecule has 6 heteroatoms. The summed E-state index contributed by atoms with van der Waals surface area (Å²) in [4.78, 5) is 7.26. The predicted octanol–water partition coefficient (Wildman–Crippen LogP) is 6.29. The lowest BCUT2D eigenvalue weighted by atomic mass is 9.73. The number of rotatable bonds is 7. The summed E-state index contributed by atoms with van der Waals surface area (Å²) in [7, 11) is 1.71. The molecule has 188 valence electrons. The minimum atomic E-state index is 0.0161. The van der Waals surface area contributed by atoms with Gasteiger partial charge in [-0.3, -0.25) is 9.88 Å². The highest BCUT2D eigenvalue weighted by Gasteiger charge is 2.43. The molecule has 0 amide bonds. The molecule has 3 aliphatic heterocycles. The van der Waals surface area contributed by atoms with E-state index in [1.54, 1.807) is 7.11 Å². The van der Waals surface area contributed by atoms with Gasteiger partial charge in [0.05, 0.1) is 18.7 Å². The van der Waals surface area contributed by atoms with E-state index in [-0.39, 0.29) is 6.04 Å². The van der Waals surface area contributed by atoms with E-state index in [2.05, 4.69) is 83.4 Å². The van der Waals surface area contributed by atoms with Crippen LogP contribution >= 0.6 is 12.2 Å². The average molecular weight is 501 g/mol. The second-order valence-electron chi connectivity index (χ2n) is 10.3. The summed E-state index contributed by atoms with van der Waals surface area (Å²) in [5, 5.41) is 9.00. The fourth-order valence-corrected chi connectivity index (χ4v) is 6.30. The van der Waals surface area contributed by atoms with Crippen LogP contribution < -0.4 is 15.4 Å². The second kappa shape index (κ2) is 10.6. The molecule has 3 aliphatic rings. The number of hydrogen-bond acceptors (Lipinski definition) is 4. The molecule has 0 spiro atoms. The summed E-state index contributed by atoms with van der Waals surface area (Å²) in [6.45, 7) is 10.7. The van der Waals surface area contributed by atoms with Gasteiger partial charge in [-0.05, 0) is 90.8 Å². The Balaban J connectivity index is 1.51. The van der Waals surface area contributed by atoms with Crippen molar-refractivity contribution in [3.63, 3.8) is 0 Å². The Morgan fingerprint density at radius 1 is 1.19 bits per heavy atom. The van der Waals surface area contributed by atoms with Crippen molar-refractivity contribution in [3.05, 3.63) is 78.5 Å². The second-order valence-corrected chi connectivity index (χ2v) is 10.8. The van der Waals surface area contributed by atoms with Crippen molar-refractivity contribution in [2.24, 2.45) is 11.8 Å². The number of pyridine rings is 1. The third-order valence-corrected chi connectivity index (χ3v) is 8.19. The summed E-state index contributed by atoms with van der Waals surface area (Å²) < 4.78 is 5.57. The van der Waals surface area contributed by atoms with Crippen molar-refractivity contribution in [2.45, 2.75) is 44.7 Å². The van der Waals surface area contributed by atoms with Crippen LogP contribution in [-0.2, 0) is 0 Å². The monoisotopic (exact) mass is 500 g/mol. The number of hydrogen-bond donors (Lipinski definition) is 2. The van der Waals surface area contributed by atoms with E-state index in [1.165, 1.54) is 17.5 Å². The Kier molecular flexibility index (Phi) is 7.26. The number of anilines is 1. The van der Waals surface area contributed by atoms with E-state index in [1.807, 2.05) is 18.3 Å². The summed E-state index contributed by atoms with van der Waals surface area (Å²) >= 11 is 5.93. The first-order valence-electron chi connectivity index (χ1n) is 12.9. The summed E-state index contributed by atoms with van der Waals surface area (Å²) in [6, 6.07) is 17.0. The number of methoxy groups -OCH3 is 1. The third kappa shape index (κ3) is 4.84. The molecule has 3 unspecified atom stereocenters. The topological polar surface area (TPSA) is 49.4 Å². The Morgan fingerprint density at radius 2 is 2.03 bits per heavy atom. The van der Waals surface area contributed by atoms with E-state index in [9.17, 15) is 0 Å². The molecule has 2 bridgehead atoms. The number of aromatic nitrogens is 1. The van der Waals surface area contributed by atoms with Crippen LogP contribution in [-0.4, -0.2) is 41.2 Å². The van der Waals surface area contributed by atoms with Crippen LogP contribution in [0.2, 0.25) is 0 Å². The van der Waals surface area contributed by atoms with Crippen LogP contribution in [0.15, 0.2) is 67.4 Å².